The third kappa shape index (κ3) is 6.94. The molecule has 0 N–H and O–H groups in total. The second kappa shape index (κ2) is 14.5. The van der Waals surface area contributed by atoms with Crippen molar-refractivity contribution in [2.45, 2.75) is 135 Å². The van der Waals surface area contributed by atoms with E-state index in [0.717, 1.165) is 39.8 Å². The van der Waals surface area contributed by atoms with Crippen LogP contribution >= 0.6 is 0 Å². The summed E-state index contributed by atoms with van der Waals surface area (Å²) in [4.78, 5) is 24.8. The minimum atomic E-state index is -0.384. The van der Waals surface area contributed by atoms with Crippen LogP contribution < -0.4 is 9.47 Å². The topological polar surface area (TPSA) is 52.6 Å². The van der Waals surface area contributed by atoms with E-state index in [2.05, 4.69) is 96.2 Å². The number of ether oxygens (including phenoxy) is 2. The van der Waals surface area contributed by atoms with Crippen LogP contribution in [0.1, 0.15) is 123 Å². The molecule has 0 bridgehead atoms. The van der Waals surface area contributed by atoms with Gasteiger partial charge in [0.1, 0.15) is 11.5 Å². The van der Waals surface area contributed by atoms with E-state index in [4.69, 9.17) is 9.47 Å². The fourth-order valence-electron chi connectivity index (χ4n) is 8.25. The standard InChI is InChI=1S/C45H58O4/c1-22(2)44(46)48-42-32(13)28(9)39(29(10)33(42)14)37-19-17-36(18-20-37)21-38-24(5)26(7)40(27(8)25(38)6)41-30(11)34(15)43(35(16)31(41)12)49-45(47)23(3)4/h36-37H,1,3,17-21H2,2,4-16H3. The summed E-state index contributed by atoms with van der Waals surface area (Å²) in [5.74, 6) is 1.76. The van der Waals surface area contributed by atoms with Crippen molar-refractivity contribution in [1.82, 2.24) is 0 Å². The van der Waals surface area contributed by atoms with E-state index in [9.17, 15) is 9.59 Å². The fourth-order valence-corrected chi connectivity index (χ4v) is 8.25. The number of carbonyl (C=O) groups is 2. The maximum atomic E-state index is 12.5. The van der Waals surface area contributed by atoms with Gasteiger partial charge in [0.2, 0.25) is 0 Å². The summed E-state index contributed by atoms with van der Waals surface area (Å²) in [7, 11) is 0. The Morgan fingerprint density at radius 1 is 0.510 bits per heavy atom. The molecule has 262 valence electrons. The van der Waals surface area contributed by atoms with Crippen LogP contribution in [0.15, 0.2) is 24.3 Å². The van der Waals surface area contributed by atoms with E-state index >= 15 is 0 Å². The Bertz CT molecular complexity index is 1810. The molecular formula is C45H58O4. The molecule has 4 nitrogen and oxygen atoms in total. The summed E-state index contributed by atoms with van der Waals surface area (Å²) in [5.41, 5.74) is 20.7. The van der Waals surface area contributed by atoms with Crippen molar-refractivity contribution in [3.05, 3.63) is 102 Å². The zero-order valence-corrected chi connectivity index (χ0v) is 32.7. The molecule has 0 aromatic heterocycles. The van der Waals surface area contributed by atoms with Gasteiger partial charge in [0, 0.05) is 11.1 Å². The highest BCUT2D eigenvalue weighted by Gasteiger charge is 2.30. The lowest BCUT2D eigenvalue weighted by Crippen LogP contribution is -2.19. The van der Waals surface area contributed by atoms with Gasteiger partial charge in [-0.15, -0.1) is 0 Å². The van der Waals surface area contributed by atoms with Crippen LogP contribution in [0.25, 0.3) is 11.1 Å². The molecule has 1 fully saturated rings. The Kier molecular flexibility index (Phi) is 11.2. The minimum absolute atomic E-state index is 0.364. The normalized spacial score (nSPS) is 16.0. The average Bonchev–Trinajstić information content (AvgIpc) is 3.06. The van der Waals surface area contributed by atoms with Crippen molar-refractivity contribution in [3.8, 4) is 22.6 Å². The first-order valence-corrected chi connectivity index (χ1v) is 17.9. The maximum Gasteiger partial charge on any atom is 0.338 e. The lowest BCUT2D eigenvalue weighted by molar-refractivity contribution is -0.131. The molecule has 1 saturated carbocycles. The second-order valence-electron chi connectivity index (χ2n) is 15.1. The van der Waals surface area contributed by atoms with E-state index in [1.54, 1.807) is 13.8 Å². The van der Waals surface area contributed by atoms with Crippen LogP contribution in [-0.2, 0) is 16.0 Å². The predicted octanol–water partition coefficient (Wildman–Crippen LogP) is 11.5. The van der Waals surface area contributed by atoms with Gasteiger partial charge in [-0.05, 0) is 230 Å². The van der Waals surface area contributed by atoms with E-state index < -0.39 is 0 Å². The van der Waals surface area contributed by atoms with Gasteiger partial charge in [-0.3, -0.25) is 0 Å². The molecule has 49 heavy (non-hydrogen) atoms. The molecule has 0 amide bonds. The molecule has 4 rings (SSSR count). The molecule has 4 heteroatoms. The Morgan fingerprint density at radius 2 is 0.837 bits per heavy atom. The van der Waals surface area contributed by atoms with Crippen molar-refractivity contribution in [2.75, 3.05) is 0 Å². The molecular weight excluding hydrogens is 604 g/mol. The second-order valence-corrected chi connectivity index (χ2v) is 15.1. The molecule has 1 aliphatic carbocycles. The number of benzene rings is 3. The molecule has 3 aromatic rings. The van der Waals surface area contributed by atoms with Gasteiger partial charge in [0.25, 0.3) is 0 Å². The Labute approximate surface area is 296 Å². The fraction of sp³-hybridized carbons (Fsp3) is 0.467. The first-order chi connectivity index (χ1) is 22.8. The molecule has 0 atom stereocenters. The number of carbonyl (C=O) groups excluding carboxylic acids is 2. The van der Waals surface area contributed by atoms with Gasteiger partial charge in [-0.2, -0.15) is 0 Å². The van der Waals surface area contributed by atoms with Crippen LogP contribution in [0.5, 0.6) is 11.5 Å². The van der Waals surface area contributed by atoms with Crippen LogP contribution in [0.4, 0.5) is 0 Å². The monoisotopic (exact) mass is 662 g/mol. The molecule has 3 aromatic carbocycles. The van der Waals surface area contributed by atoms with Crippen molar-refractivity contribution >= 4 is 11.9 Å². The van der Waals surface area contributed by atoms with E-state index in [-0.39, 0.29) is 11.9 Å². The number of hydrogen-bond donors (Lipinski definition) is 0. The molecule has 0 heterocycles. The van der Waals surface area contributed by atoms with Crippen LogP contribution in [0.3, 0.4) is 0 Å². The van der Waals surface area contributed by atoms with Crippen LogP contribution in [0.2, 0.25) is 0 Å². The zero-order valence-electron chi connectivity index (χ0n) is 32.7. The van der Waals surface area contributed by atoms with Crippen molar-refractivity contribution in [3.63, 3.8) is 0 Å². The summed E-state index contributed by atoms with van der Waals surface area (Å²) in [6.45, 7) is 37.0. The highest BCUT2D eigenvalue weighted by molar-refractivity contribution is 5.90. The summed E-state index contributed by atoms with van der Waals surface area (Å²) in [5, 5.41) is 0. The minimum Gasteiger partial charge on any atom is -0.423 e. The quantitative estimate of drug-likeness (QED) is 0.137. The Balaban J connectivity index is 1.62. The molecule has 0 saturated heterocycles. The van der Waals surface area contributed by atoms with Gasteiger partial charge in [0.05, 0.1) is 0 Å². The van der Waals surface area contributed by atoms with E-state index in [0.29, 0.717) is 34.5 Å². The molecule has 1 aliphatic rings. The van der Waals surface area contributed by atoms with Gasteiger partial charge in [-0.1, -0.05) is 13.2 Å². The maximum absolute atomic E-state index is 12.5. The summed E-state index contributed by atoms with van der Waals surface area (Å²) >= 11 is 0. The van der Waals surface area contributed by atoms with Crippen molar-refractivity contribution in [1.29, 1.82) is 0 Å². The molecule has 0 spiro atoms. The first kappa shape index (κ1) is 37.9. The highest BCUT2D eigenvalue weighted by atomic mass is 16.5. The van der Waals surface area contributed by atoms with Gasteiger partial charge in [0.15, 0.2) is 0 Å². The van der Waals surface area contributed by atoms with Crippen LogP contribution in [-0.4, -0.2) is 11.9 Å². The number of esters is 2. The number of hydrogen-bond acceptors (Lipinski definition) is 4. The average molecular weight is 663 g/mol. The summed E-state index contributed by atoms with van der Waals surface area (Å²) < 4.78 is 11.6. The summed E-state index contributed by atoms with van der Waals surface area (Å²) in [6.07, 6.45) is 5.85. The third-order valence-electron chi connectivity index (χ3n) is 12.0. The molecule has 0 radical (unpaired) electrons. The third-order valence-corrected chi connectivity index (χ3v) is 12.0. The van der Waals surface area contributed by atoms with E-state index in [1.807, 2.05) is 0 Å². The first-order valence-electron chi connectivity index (χ1n) is 17.9. The van der Waals surface area contributed by atoms with Gasteiger partial charge >= 0.3 is 11.9 Å². The van der Waals surface area contributed by atoms with Crippen molar-refractivity contribution < 1.29 is 19.1 Å². The zero-order chi connectivity index (χ0) is 36.8. The van der Waals surface area contributed by atoms with Crippen LogP contribution in [0, 0.1) is 89.0 Å². The Morgan fingerprint density at radius 3 is 1.18 bits per heavy atom. The summed E-state index contributed by atoms with van der Waals surface area (Å²) in [6, 6.07) is 0. The molecule has 0 unspecified atom stereocenters. The lowest BCUT2D eigenvalue weighted by Gasteiger charge is -2.33. The molecule has 0 aliphatic heterocycles. The SMILES string of the molecule is C=C(C)C(=O)Oc1c(C)c(C)c(-c2c(C)c(C)c(CC3CCC(c4c(C)c(C)c(OC(=O)C(=C)C)c(C)c4C)CC3)c(C)c2C)c(C)c1C. The van der Waals surface area contributed by atoms with Gasteiger partial charge < -0.3 is 9.47 Å². The lowest BCUT2D eigenvalue weighted by atomic mass is 9.72. The van der Waals surface area contributed by atoms with Crippen molar-refractivity contribution in [2.24, 2.45) is 5.92 Å². The van der Waals surface area contributed by atoms with Gasteiger partial charge in [-0.25, -0.2) is 9.59 Å². The predicted molar refractivity (Wildman–Crippen MR) is 204 cm³/mol. The van der Waals surface area contributed by atoms with E-state index in [1.165, 1.54) is 81.3 Å². The number of rotatable bonds is 8. The smallest absolute Gasteiger partial charge is 0.338 e. The Hall–Kier alpha value is -3.92. The largest absolute Gasteiger partial charge is 0.423 e. The highest BCUT2D eigenvalue weighted by Crippen LogP contribution is 2.46.